The molecule has 0 amide bonds. The second-order valence-corrected chi connectivity index (χ2v) is 5.39. The molecule has 1 saturated heterocycles. The van der Waals surface area contributed by atoms with Crippen molar-refractivity contribution in [3.63, 3.8) is 0 Å². The average Bonchev–Trinajstić information content (AvgIpc) is 3.10. The summed E-state index contributed by atoms with van der Waals surface area (Å²) in [5.74, 6) is -0.287. The standard InChI is InChI=1S/C5H5N5.C5H9NO2.H3O4P/c6-4-3-5(9-1-7-3)10-2-8-4;7-5(8)4-2-1-3-6-4;1-5(2,3)4/h1-2H,(H3,6,7,8,9,10);4,6H,1-3H2,(H,7,8);(H3,1,2,3,4)/t;4-;/m.0./s1. The van der Waals surface area contributed by atoms with Crippen molar-refractivity contribution in [2.24, 2.45) is 0 Å². The number of carboxylic acids is 1. The average molecular weight is 348 g/mol. The van der Waals surface area contributed by atoms with E-state index in [1.807, 2.05) is 0 Å². The molecular formula is C10H17N6O6P. The number of carbonyl (C=O) groups is 1. The van der Waals surface area contributed by atoms with Crippen molar-refractivity contribution in [1.29, 1.82) is 0 Å². The predicted molar refractivity (Wildman–Crippen MR) is 79.0 cm³/mol. The predicted octanol–water partition coefficient (Wildman–Crippen LogP) is -1.17. The Morgan fingerprint density at radius 1 is 1.30 bits per heavy atom. The third kappa shape index (κ3) is 7.63. The third-order valence-corrected chi connectivity index (χ3v) is 2.61. The van der Waals surface area contributed by atoms with Gasteiger partial charge in [-0.1, -0.05) is 0 Å². The molecule has 23 heavy (non-hydrogen) atoms. The number of rotatable bonds is 1. The summed E-state index contributed by atoms with van der Waals surface area (Å²) in [5, 5.41) is 11.2. The van der Waals surface area contributed by atoms with E-state index in [-0.39, 0.29) is 6.04 Å². The van der Waals surface area contributed by atoms with Crippen LogP contribution in [0.1, 0.15) is 12.8 Å². The van der Waals surface area contributed by atoms with E-state index in [1.165, 1.54) is 12.7 Å². The largest absolute Gasteiger partial charge is 0.480 e. The zero-order valence-electron chi connectivity index (χ0n) is 11.8. The van der Waals surface area contributed by atoms with Gasteiger partial charge in [0.15, 0.2) is 11.5 Å². The van der Waals surface area contributed by atoms with Crippen molar-refractivity contribution in [3.05, 3.63) is 12.7 Å². The molecule has 0 spiro atoms. The number of nitrogens with one attached hydrogen (secondary N) is 2. The lowest BCUT2D eigenvalue weighted by Gasteiger charge is -1.99. The highest BCUT2D eigenvalue weighted by molar-refractivity contribution is 7.45. The van der Waals surface area contributed by atoms with Crippen LogP contribution in [-0.2, 0) is 9.36 Å². The van der Waals surface area contributed by atoms with Crippen LogP contribution in [0.4, 0.5) is 5.82 Å². The molecule has 0 saturated carbocycles. The molecule has 1 atom stereocenters. The number of anilines is 1. The van der Waals surface area contributed by atoms with E-state index in [0.29, 0.717) is 17.0 Å². The summed E-state index contributed by atoms with van der Waals surface area (Å²) in [4.78, 5) is 46.1. The van der Waals surface area contributed by atoms with Crippen molar-refractivity contribution < 1.29 is 29.1 Å². The van der Waals surface area contributed by atoms with Gasteiger partial charge in [-0.05, 0) is 19.4 Å². The Balaban J connectivity index is 0.000000184. The van der Waals surface area contributed by atoms with Gasteiger partial charge in [0.25, 0.3) is 0 Å². The topological polar surface area (TPSA) is 208 Å². The molecule has 1 aliphatic heterocycles. The number of aromatic nitrogens is 4. The van der Waals surface area contributed by atoms with Gasteiger partial charge in [0.2, 0.25) is 0 Å². The van der Waals surface area contributed by atoms with Gasteiger partial charge < -0.3 is 35.8 Å². The smallest absolute Gasteiger partial charge is 0.466 e. The Kier molecular flexibility index (Phi) is 7.00. The van der Waals surface area contributed by atoms with E-state index in [9.17, 15) is 4.79 Å². The fourth-order valence-corrected chi connectivity index (χ4v) is 1.68. The Labute approximate surface area is 130 Å². The van der Waals surface area contributed by atoms with Gasteiger partial charge in [-0.25, -0.2) is 19.5 Å². The van der Waals surface area contributed by atoms with Gasteiger partial charge >= 0.3 is 13.8 Å². The van der Waals surface area contributed by atoms with Crippen LogP contribution < -0.4 is 11.1 Å². The number of nitrogen functional groups attached to an aromatic ring is 1. The normalized spacial score (nSPS) is 16.9. The van der Waals surface area contributed by atoms with Gasteiger partial charge in [-0.2, -0.15) is 0 Å². The molecule has 1 aliphatic rings. The van der Waals surface area contributed by atoms with E-state index < -0.39 is 13.8 Å². The second-order valence-electron chi connectivity index (χ2n) is 4.36. The number of phosphoric acid groups is 1. The molecule has 8 N–H and O–H groups in total. The molecule has 13 heteroatoms. The molecular weight excluding hydrogens is 331 g/mol. The lowest BCUT2D eigenvalue weighted by Crippen LogP contribution is -2.29. The second kappa shape index (κ2) is 8.50. The third-order valence-electron chi connectivity index (χ3n) is 2.61. The van der Waals surface area contributed by atoms with Crippen LogP contribution >= 0.6 is 7.82 Å². The van der Waals surface area contributed by atoms with Gasteiger partial charge in [-0.15, -0.1) is 0 Å². The van der Waals surface area contributed by atoms with Crippen LogP contribution in [0, 0.1) is 0 Å². The van der Waals surface area contributed by atoms with Crippen molar-refractivity contribution >= 4 is 30.8 Å². The van der Waals surface area contributed by atoms with E-state index in [0.717, 1.165) is 19.4 Å². The first kappa shape index (κ1) is 18.9. The Hall–Kier alpha value is -2.11. The first-order chi connectivity index (χ1) is 10.7. The van der Waals surface area contributed by atoms with Crippen LogP contribution in [-0.4, -0.2) is 58.3 Å². The monoisotopic (exact) mass is 348 g/mol. The molecule has 128 valence electrons. The number of nitrogens with zero attached hydrogens (tertiary/aromatic N) is 3. The van der Waals surface area contributed by atoms with Gasteiger partial charge in [0.1, 0.15) is 17.9 Å². The maximum atomic E-state index is 10.1. The summed E-state index contributed by atoms with van der Waals surface area (Å²) in [6.45, 7) is 0.858. The lowest BCUT2D eigenvalue weighted by atomic mass is 10.2. The summed E-state index contributed by atoms with van der Waals surface area (Å²) in [6.07, 6.45) is 4.71. The Morgan fingerprint density at radius 3 is 2.39 bits per heavy atom. The molecule has 2 aromatic rings. The number of nitrogens with two attached hydrogens (primary N) is 1. The number of carboxylic acid groups (broad SMARTS) is 1. The zero-order valence-corrected chi connectivity index (χ0v) is 12.7. The van der Waals surface area contributed by atoms with Crippen LogP contribution in [0.15, 0.2) is 12.7 Å². The number of fused-ring (bicyclic) bond motifs is 1. The summed E-state index contributed by atoms with van der Waals surface area (Å²) >= 11 is 0. The molecule has 12 nitrogen and oxygen atoms in total. The number of hydrogen-bond acceptors (Lipinski definition) is 7. The summed E-state index contributed by atoms with van der Waals surface area (Å²) in [5.41, 5.74) is 6.78. The number of hydrogen-bond donors (Lipinski definition) is 7. The highest BCUT2D eigenvalue weighted by atomic mass is 31.2. The fourth-order valence-electron chi connectivity index (χ4n) is 1.68. The van der Waals surface area contributed by atoms with E-state index in [2.05, 4.69) is 25.3 Å². The van der Waals surface area contributed by atoms with Crippen LogP contribution in [0.25, 0.3) is 11.2 Å². The minimum atomic E-state index is -4.64. The molecule has 0 radical (unpaired) electrons. The quantitative estimate of drug-likeness (QED) is 0.305. The minimum absolute atomic E-state index is 0.269. The van der Waals surface area contributed by atoms with Crippen LogP contribution in [0.5, 0.6) is 0 Å². The number of imidazole rings is 1. The minimum Gasteiger partial charge on any atom is -0.480 e. The maximum absolute atomic E-state index is 10.1. The highest BCUT2D eigenvalue weighted by Gasteiger charge is 2.20. The molecule has 3 heterocycles. The summed E-state index contributed by atoms with van der Waals surface area (Å²) in [6, 6.07) is -0.269. The van der Waals surface area contributed by atoms with Crippen molar-refractivity contribution in [1.82, 2.24) is 25.3 Å². The number of H-pyrrole nitrogens is 1. The molecule has 0 aromatic carbocycles. The number of aromatic amines is 1. The maximum Gasteiger partial charge on any atom is 0.466 e. The Bertz CT molecular complexity index is 673. The zero-order chi connectivity index (χ0) is 17.5. The summed E-state index contributed by atoms with van der Waals surface area (Å²) < 4.78 is 8.88. The van der Waals surface area contributed by atoms with Gasteiger partial charge in [0.05, 0.1) is 6.33 Å². The molecule has 3 rings (SSSR count). The lowest BCUT2D eigenvalue weighted by molar-refractivity contribution is -0.139. The molecule has 2 aromatic heterocycles. The highest BCUT2D eigenvalue weighted by Crippen LogP contribution is 2.25. The Morgan fingerprint density at radius 2 is 1.96 bits per heavy atom. The van der Waals surface area contributed by atoms with Gasteiger partial charge in [-0.3, -0.25) is 4.79 Å². The molecule has 0 unspecified atom stereocenters. The van der Waals surface area contributed by atoms with Crippen LogP contribution in [0.3, 0.4) is 0 Å². The van der Waals surface area contributed by atoms with Crippen molar-refractivity contribution in [2.75, 3.05) is 12.3 Å². The molecule has 0 bridgehead atoms. The summed E-state index contributed by atoms with van der Waals surface area (Å²) in [7, 11) is -4.64. The first-order valence-electron chi connectivity index (χ1n) is 6.32. The van der Waals surface area contributed by atoms with E-state index in [1.54, 1.807) is 0 Å². The van der Waals surface area contributed by atoms with Gasteiger partial charge in [0, 0.05) is 0 Å². The van der Waals surface area contributed by atoms with Crippen molar-refractivity contribution in [3.8, 4) is 0 Å². The fraction of sp³-hybridized carbons (Fsp3) is 0.400. The van der Waals surface area contributed by atoms with Crippen LogP contribution in [0.2, 0.25) is 0 Å². The number of aliphatic carboxylic acids is 1. The van der Waals surface area contributed by atoms with E-state index in [4.69, 9.17) is 30.1 Å². The first-order valence-corrected chi connectivity index (χ1v) is 7.89. The molecule has 1 fully saturated rings. The van der Waals surface area contributed by atoms with Crippen molar-refractivity contribution in [2.45, 2.75) is 18.9 Å². The SMILES string of the molecule is Nc1ncnc2nc[nH]c12.O=C(O)[C@@H]1CCCN1.O=P(O)(O)O. The van der Waals surface area contributed by atoms with E-state index >= 15 is 0 Å². The molecule has 0 aliphatic carbocycles.